The highest BCUT2D eigenvalue weighted by molar-refractivity contribution is 5.30. The summed E-state index contributed by atoms with van der Waals surface area (Å²) < 4.78 is 5.51. The summed E-state index contributed by atoms with van der Waals surface area (Å²) in [5.41, 5.74) is 1.41. The standard InChI is InChI=1S/C17H29NO/c1-6-14(5)17(12-18-13(3)4)15-8-10-16(11-9-15)19-7-2/h8-11,13-14,17-18H,6-7,12H2,1-5H3. The van der Waals surface area contributed by atoms with Crippen LogP contribution in [0.5, 0.6) is 5.75 Å². The third kappa shape index (κ3) is 5.23. The summed E-state index contributed by atoms with van der Waals surface area (Å²) in [7, 11) is 0. The average Bonchev–Trinajstić information content (AvgIpc) is 2.40. The molecule has 1 aromatic carbocycles. The van der Waals surface area contributed by atoms with Crippen molar-refractivity contribution in [1.29, 1.82) is 0 Å². The summed E-state index contributed by atoms with van der Waals surface area (Å²) in [5, 5.41) is 3.57. The van der Waals surface area contributed by atoms with Crippen LogP contribution in [0.15, 0.2) is 24.3 Å². The molecule has 1 N–H and O–H groups in total. The fraction of sp³-hybridized carbons (Fsp3) is 0.647. The lowest BCUT2D eigenvalue weighted by Crippen LogP contribution is -2.30. The van der Waals surface area contributed by atoms with E-state index in [1.165, 1.54) is 12.0 Å². The highest BCUT2D eigenvalue weighted by Crippen LogP contribution is 2.28. The molecule has 0 radical (unpaired) electrons. The molecule has 2 unspecified atom stereocenters. The number of hydrogen-bond acceptors (Lipinski definition) is 2. The van der Waals surface area contributed by atoms with Crippen LogP contribution in [0.25, 0.3) is 0 Å². The van der Waals surface area contributed by atoms with Crippen molar-refractivity contribution >= 4 is 0 Å². The molecule has 0 saturated heterocycles. The van der Waals surface area contributed by atoms with Gasteiger partial charge in [0.15, 0.2) is 0 Å². The zero-order valence-electron chi connectivity index (χ0n) is 13.1. The predicted octanol–water partition coefficient (Wildman–Crippen LogP) is 4.21. The summed E-state index contributed by atoms with van der Waals surface area (Å²) in [6.07, 6.45) is 1.21. The third-order valence-corrected chi connectivity index (χ3v) is 3.70. The van der Waals surface area contributed by atoms with Crippen LogP contribution in [0.3, 0.4) is 0 Å². The molecule has 0 aliphatic carbocycles. The van der Waals surface area contributed by atoms with Gasteiger partial charge in [0.1, 0.15) is 5.75 Å². The Morgan fingerprint density at radius 1 is 1.05 bits per heavy atom. The zero-order chi connectivity index (χ0) is 14.3. The van der Waals surface area contributed by atoms with Crippen molar-refractivity contribution in [3.8, 4) is 5.75 Å². The van der Waals surface area contributed by atoms with Gasteiger partial charge in [0.05, 0.1) is 6.61 Å². The van der Waals surface area contributed by atoms with Crippen molar-refractivity contribution in [1.82, 2.24) is 5.32 Å². The molecule has 1 rings (SSSR count). The molecule has 0 spiro atoms. The maximum absolute atomic E-state index is 5.51. The number of ether oxygens (including phenoxy) is 1. The number of rotatable bonds is 8. The molecule has 0 aliphatic heterocycles. The van der Waals surface area contributed by atoms with Crippen LogP contribution < -0.4 is 10.1 Å². The summed E-state index contributed by atoms with van der Waals surface area (Å²) in [6.45, 7) is 12.8. The monoisotopic (exact) mass is 263 g/mol. The van der Waals surface area contributed by atoms with E-state index in [2.05, 4.69) is 57.3 Å². The minimum absolute atomic E-state index is 0.536. The van der Waals surface area contributed by atoms with Crippen LogP contribution in [0.1, 0.15) is 52.5 Å². The lowest BCUT2D eigenvalue weighted by molar-refractivity contribution is 0.339. The van der Waals surface area contributed by atoms with Crippen molar-refractivity contribution < 1.29 is 4.74 Å². The second-order valence-electron chi connectivity index (χ2n) is 5.56. The van der Waals surface area contributed by atoms with Crippen molar-refractivity contribution in [3.05, 3.63) is 29.8 Å². The molecule has 0 heterocycles. The Morgan fingerprint density at radius 2 is 1.68 bits per heavy atom. The summed E-state index contributed by atoms with van der Waals surface area (Å²) in [6, 6.07) is 9.13. The van der Waals surface area contributed by atoms with Crippen LogP contribution in [-0.4, -0.2) is 19.2 Å². The van der Waals surface area contributed by atoms with Crippen LogP contribution in [0.4, 0.5) is 0 Å². The van der Waals surface area contributed by atoms with E-state index in [9.17, 15) is 0 Å². The van der Waals surface area contributed by atoms with Gasteiger partial charge >= 0.3 is 0 Å². The molecule has 0 bridgehead atoms. The Balaban J connectivity index is 2.78. The first kappa shape index (κ1) is 16.0. The van der Waals surface area contributed by atoms with E-state index in [-0.39, 0.29) is 0 Å². The van der Waals surface area contributed by atoms with E-state index in [4.69, 9.17) is 4.74 Å². The fourth-order valence-corrected chi connectivity index (χ4v) is 2.27. The van der Waals surface area contributed by atoms with Gasteiger partial charge in [-0.25, -0.2) is 0 Å². The van der Waals surface area contributed by atoms with Gasteiger partial charge in [-0.05, 0) is 36.5 Å². The smallest absolute Gasteiger partial charge is 0.119 e. The van der Waals surface area contributed by atoms with Gasteiger partial charge in [-0.2, -0.15) is 0 Å². The molecule has 0 saturated carbocycles. The molecule has 108 valence electrons. The predicted molar refractivity (Wildman–Crippen MR) is 82.9 cm³/mol. The average molecular weight is 263 g/mol. The Kier molecular flexibility index (Phi) is 6.93. The Bertz CT molecular complexity index is 345. The maximum atomic E-state index is 5.51. The van der Waals surface area contributed by atoms with Gasteiger partial charge < -0.3 is 10.1 Å². The van der Waals surface area contributed by atoms with Crippen LogP contribution >= 0.6 is 0 Å². The Labute approximate surface area is 118 Å². The number of hydrogen-bond donors (Lipinski definition) is 1. The molecule has 0 amide bonds. The van der Waals surface area contributed by atoms with Gasteiger partial charge in [0.2, 0.25) is 0 Å². The first-order valence-corrected chi connectivity index (χ1v) is 7.54. The molecule has 2 atom stereocenters. The highest BCUT2D eigenvalue weighted by Gasteiger charge is 2.18. The lowest BCUT2D eigenvalue weighted by Gasteiger charge is -2.25. The van der Waals surface area contributed by atoms with Gasteiger partial charge in [-0.15, -0.1) is 0 Å². The summed E-state index contributed by atoms with van der Waals surface area (Å²) >= 11 is 0. The third-order valence-electron chi connectivity index (χ3n) is 3.70. The molecule has 1 aromatic rings. The quantitative estimate of drug-likeness (QED) is 0.758. The number of nitrogens with one attached hydrogen (secondary N) is 1. The van der Waals surface area contributed by atoms with E-state index in [0.717, 1.165) is 18.9 Å². The van der Waals surface area contributed by atoms with Gasteiger partial charge in [-0.1, -0.05) is 46.2 Å². The molecular formula is C17H29NO. The summed E-state index contributed by atoms with van der Waals surface area (Å²) in [5.74, 6) is 2.22. The van der Waals surface area contributed by atoms with E-state index in [1.54, 1.807) is 0 Å². The molecule has 0 aromatic heterocycles. The van der Waals surface area contributed by atoms with Crippen molar-refractivity contribution in [2.75, 3.05) is 13.2 Å². The van der Waals surface area contributed by atoms with Crippen LogP contribution in [-0.2, 0) is 0 Å². The largest absolute Gasteiger partial charge is 0.494 e. The van der Waals surface area contributed by atoms with E-state index >= 15 is 0 Å². The summed E-state index contributed by atoms with van der Waals surface area (Å²) in [4.78, 5) is 0. The Hall–Kier alpha value is -1.02. The van der Waals surface area contributed by atoms with Gasteiger partial charge in [0.25, 0.3) is 0 Å². The Morgan fingerprint density at radius 3 is 2.16 bits per heavy atom. The molecule has 2 heteroatoms. The molecule has 0 fully saturated rings. The second-order valence-corrected chi connectivity index (χ2v) is 5.56. The van der Waals surface area contributed by atoms with Gasteiger partial charge in [0, 0.05) is 12.6 Å². The van der Waals surface area contributed by atoms with Crippen molar-refractivity contribution in [2.24, 2.45) is 5.92 Å². The molecule has 0 aliphatic rings. The normalized spacial score (nSPS) is 14.4. The van der Waals surface area contributed by atoms with E-state index in [1.807, 2.05) is 6.92 Å². The maximum Gasteiger partial charge on any atom is 0.119 e. The first-order chi connectivity index (χ1) is 9.08. The minimum Gasteiger partial charge on any atom is -0.494 e. The van der Waals surface area contributed by atoms with Crippen molar-refractivity contribution in [3.63, 3.8) is 0 Å². The van der Waals surface area contributed by atoms with Gasteiger partial charge in [-0.3, -0.25) is 0 Å². The highest BCUT2D eigenvalue weighted by atomic mass is 16.5. The fourth-order valence-electron chi connectivity index (χ4n) is 2.27. The van der Waals surface area contributed by atoms with Crippen LogP contribution in [0.2, 0.25) is 0 Å². The SMILES string of the molecule is CCOc1ccc(C(CNC(C)C)C(C)CC)cc1. The lowest BCUT2D eigenvalue weighted by atomic mass is 9.85. The second kappa shape index (κ2) is 8.21. The first-order valence-electron chi connectivity index (χ1n) is 7.54. The molecule has 2 nitrogen and oxygen atoms in total. The van der Waals surface area contributed by atoms with E-state index < -0.39 is 0 Å². The van der Waals surface area contributed by atoms with Crippen LogP contribution in [0, 0.1) is 5.92 Å². The molecular weight excluding hydrogens is 234 g/mol. The number of benzene rings is 1. The zero-order valence-corrected chi connectivity index (χ0v) is 13.1. The topological polar surface area (TPSA) is 21.3 Å². The van der Waals surface area contributed by atoms with Crippen molar-refractivity contribution in [2.45, 2.75) is 53.0 Å². The minimum atomic E-state index is 0.536. The molecule has 19 heavy (non-hydrogen) atoms. The van der Waals surface area contributed by atoms with E-state index in [0.29, 0.717) is 17.9 Å².